The fourth-order valence-electron chi connectivity index (χ4n) is 3.54. The molecule has 0 saturated carbocycles. The Bertz CT molecular complexity index is 1070. The molecule has 0 heterocycles. The molecule has 0 amide bonds. The van der Waals surface area contributed by atoms with Crippen LogP contribution in [0.4, 0.5) is 0 Å². The van der Waals surface area contributed by atoms with Gasteiger partial charge in [0.2, 0.25) is 14.7 Å². The van der Waals surface area contributed by atoms with Crippen LogP contribution in [-0.2, 0) is 18.0 Å². The van der Waals surface area contributed by atoms with Crippen LogP contribution in [0.1, 0.15) is 6.92 Å². The van der Waals surface area contributed by atoms with E-state index >= 15 is 0 Å². The van der Waals surface area contributed by atoms with Gasteiger partial charge in [0.15, 0.2) is 0 Å². The van der Waals surface area contributed by atoms with Crippen LogP contribution in [-0.4, -0.2) is 7.12 Å². The quantitative estimate of drug-likeness (QED) is 0.241. The topological polar surface area (TPSA) is 52.6 Å². The molecule has 4 nitrogen and oxygen atoms in total. The van der Waals surface area contributed by atoms with Crippen LogP contribution in [0, 0.1) is 0 Å². The predicted octanol–water partition coefficient (Wildman–Crippen LogP) is 5.39. The molecule has 0 aliphatic heterocycles. The Morgan fingerprint density at radius 1 is 0.515 bits per heavy atom. The molecule has 7 heteroatoms. The van der Waals surface area contributed by atoms with Crippen molar-refractivity contribution in [1.82, 2.24) is 0 Å². The molecule has 0 aliphatic rings. The number of hydrogen-bond donors (Lipinski definition) is 0. The van der Waals surface area contributed by atoms with Gasteiger partial charge in [-0.15, -0.1) is 0 Å². The van der Waals surface area contributed by atoms with E-state index in [9.17, 15) is 9.13 Å². The van der Waals surface area contributed by atoms with Crippen molar-refractivity contribution in [3.63, 3.8) is 0 Å². The van der Waals surface area contributed by atoms with Gasteiger partial charge in [-0.1, -0.05) is 79.7 Å². The lowest BCUT2D eigenvalue weighted by molar-refractivity contribution is 0.419. The smallest absolute Gasteiger partial charge is 0.353 e. The molecule has 4 aromatic carbocycles. The van der Waals surface area contributed by atoms with E-state index in [-0.39, 0.29) is 0 Å². The van der Waals surface area contributed by atoms with Gasteiger partial charge >= 0.3 is 7.12 Å². The van der Waals surface area contributed by atoms with Crippen molar-refractivity contribution in [2.24, 2.45) is 0 Å². The summed E-state index contributed by atoms with van der Waals surface area (Å²) in [5, 5.41) is 2.25. The molecule has 0 fully saturated rings. The molecule has 0 radical (unpaired) electrons. The molecule has 33 heavy (non-hydrogen) atoms. The van der Waals surface area contributed by atoms with E-state index in [2.05, 4.69) is 0 Å². The van der Waals surface area contributed by atoms with Crippen LogP contribution < -0.4 is 21.2 Å². The third-order valence-electron chi connectivity index (χ3n) is 5.25. The van der Waals surface area contributed by atoms with Crippen LogP contribution in [0.5, 0.6) is 0 Å². The lowest BCUT2D eigenvalue weighted by Gasteiger charge is -2.27. The van der Waals surface area contributed by atoms with Crippen LogP contribution >= 0.6 is 14.7 Å². The summed E-state index contributed by atoms with van der Waals surface area (Å²) in [6.07, 6.45) is 0.368. The summed E-state index contributed by atoms with van der Waals surface area (Å²) >= 11 is 0. The van der Waals surface area contributed by atoms with Crippen molar-refractivity contribution in [3.05, 3.63) is 121 Å². The average molecular weight is 474 g/mol. The Labute approximate surface area is 195 Å². The molecule has 166 valence electrons. The van der Waals surface area contributed by atoms with Crippen molar-refractivity contribution in [3.8, 4) is 0 Å². The van der Waals surface area contributed by atoms with Crippen molar-refractivity contribution >= 4 is 43.1 Å². The van der Waals surface area contributed by atoms with Gasteiger partial charge in [-0.25, -0.2) is 0 Å². The van der Waals surface area contributed by atoms with Gasteiger partial charge in [0.1, 0.15) is 0 Å². The van der Waals surface area contributed by atoms with Gasteiger partial charge in [0.25, 0.3) is 0 Å². The summed E-state index contributed by atoms with van der Waals surface area (Å²) in [7, 11) is -7.98. The summed E-state index contributed by atoms with van der Waals surface area (Å²) in [4.78, 5) is 0. The molecule has 0 aromatic heterocycles. The number of benzene rings is 4. The molecule has 0 spiro atoms. The minimum absolute atomic E-state index is 0.368. The largest absolute Gasteiger partial charge is 0.468 e. The zero-order valence-corrected chi connectivity index (χ0v) is 20.1. The minimum Gasteiger partial charge on any atom is -0.353 e. The standard InChI is InChI=1S/C26H25BO4P2/c1-2-27(30-32(28,23-15-7-3-8-16-23)24-17-9-4-10-18-24)31-33(29,25-19-11-5-12-20-25)26-21-13-6-14-22-26/h3-22H,2H2,1H3. The molecule has 0 aliphatic carbocycles. The van der Waals surface area contributed by atoms with Gasteiger partial charge in [0, 0.05) is 21.2 Å². The van der Waals surface area contributed by atoms with Crippen LogP contribution in [0.15, 0.2) is 121 Å². The predicted molar refractivity (Wildman–Crippen MR) is 138 cm³/mol. The SMILES string of the molecule is CCB(OP(=O)(c1ccccc1)c1ccccc1)OP(=O)(c1ccccc1)c1ccccc1. The molecule has 0 bridgehead atoms. The van der Waals surface area contributed by atoms with E-state index < -0.39 is 21.9 Å². The summed E-state index contributed by atoms with van der Waals surface area (Å²) in [5.74, 6) is 0. The van der Waals surface area contributed by atoms with Crippen molar-refractivity contribution in [2.45, 2.75) is 13.2 Å². The highest BCUT2D eigenvalue weighted by molar-refractivity contribution is 7.76. The first-order chi connectivity index (χ1) is 16.1. The van der Waals surface area contributed by atoms with E-state index in [1.54, 1.807) is 48.5 Å². The monoisotopic (exact) mass is 474 g/mol. The Kier molecular flexibility index (Phi) is 7.48. The highest BCUT2D eigenvalue weighted by Gasteiger charge is 2.39. The first-order valence-electron chi connectivity index (χ1n) is 10.9. The van der Waals surface area contributed by atoms with E-state index in [0.29, 0.717) is 27.5 Å². The molecule has 4 aromatic rings. The molecule has 0 N–H and O–H groups in total. The van der Waals surface area contributed by atoms with Gasteiger partial charge < -0.3 is 8.88 Å². The lowest BCUT2D eigenvalue weighted by atomic mass is 9.88. The van der Waals surface area contributed by atoms with E-state index in [1.165, 1.54) is 0 Å². The van der Waals surface area contributed by atoms with Gasteiger partial charge in [-0.05, 0) is 54.9 Å². The van der Waals surface area contributed by atoms with Crippen molar-refractivity contribution < 1.29 is 18.0 Å². The summed E-state index contributed by atoms with van der Waals surface area (Å²) in [6, 6.07) is 36.4. The maximum atomic E-state index is 14.4. The molecule has 4 rings (SSSR count). The number of rotatable bonds is 9. The van der Waals surface area contributed by atoms with E-state index in [4.69, 9.17) is 8.88 Å². The maximum Gasteiger partial charge on any atom is 0.468 e. The number of hydrogen-bond acceptors (Lipinski definition) is 4. The minimum atomic E-state index is -3.51. The average Bonchev–Trinajstić information content (AvgIpc) is 2.90. The van der Waals surface area contributed by atoms with Crippen LogP contribution in [0.2, 0.25) is 6.32 Å². The fraction of sp³-hybridized carbons (Fsp3) is 0.0769. The molecule has 0 saturated heterocycles. The first kappa shape index (κ1) is 23.5. The van der Waals surface area contributed by atoms with Crippen LogP contribution in [0.3, 0.4) is 0 Å². The van der Waals surface area contributed by atoms with E-state index in [1.807, 2.05) is 79.7 Å². The van der Waals surface area contributed by atoms with Gasteiger partial charge in [-0.2, -0.15) is 0 Å². The third-order valence-corrected chi connectivity index (χ3v) is 10.2. The first-order valence-corrected chi connectivity index (χ1v) is 14.1. The lowest BCUT2D eigenvalue weighted by Crippen LogP contribution is -2.30. The molecular weight excluding hydrogens is 449 g/mol. The summed E-state index contributed by atoms with van der Waals surface area (Å²) < 4.78 is 41.2. The molecule has 0 atom stereocenters. The second-order valence-electron chi connectivity index (χ2n) is 7.49. The second-order valence-corrected chi connectivity index (χ2v) is 12.2. The van der Waals surface area contributed by atoms with Gasteiger partial charge in [-0.3, -0.25) is 9.13 Å². The molecular formula is C26H25BO4P2. The van der Waals surface area contributed by atoms with Crippen LogP contribution in [0.25, 0.3) is 0 Å². The Hall–Kier alpha value is -2.68. The Morgan fingerprint density at radius 3 is 0.970 bits per heavy atom. The Balaban J connectivity index is 1.75. The summed E-state index contributed by atoms with van der Waals surface area (Å²) in [5.41, 5.74) is 0. The normalized spacial score (nSPS) is 11.8. The highest BCUT2D eigenvalue weighted by Crippen LogP contribution is 2.51. The van der Waals surface area contributed by atoms with Crippen molar-refractivity contribution in [1.29, 1.82) is 0 Å². The second kappa shape index (κ2) is 10.5. The zero-order valence-electron chi connectivity index (χ0n) is 18.4. The van der Waals surface area contributed by atoms with E-state index in [0.717, 1.165) is 0 Å². The fourth-order valence-corrected chi connectivity index (χ4v) is 7.99. The third kappa shape index (κ3) is 5.13. The van der Waals surface area contributed by atoms with Gasteiger partial charge in [0.05, 0.1) is 0 Å². The maximum absolute atomic E-state index is 14.4. The zero-order chi connectivity index (χ0) is 23.2. The van der Waals surface area contributed by atoms with Crippen molar-refractivity contribution in [2.75, 3.05) is 0 Å². The summed E-state index contributed by atoms with van der Waals surface area (Å²) in [6.45, 7) is 1.87. The molecule has 0 unspecified atom stereocenters. The Morgan fingerprint density at radius 2 is 0.758 bits per heavy atom. The highest BCUT2D eigenvalue weighted by atomic mass is 31.2.